The molecule has 6 nitrogen and oxygen atoms in total. The van der Waals surface area contributed by atoms with Gasteiger partial charge in [0.25, 0.3) is 11.7 Å². The lowest BCUT2D eigenvalue weighted by atomic mass is 10.2. The van der Waals surface area contributed by atoms with Gasteiger partial charge < -0.3 is 10.1 Å². The third-order valence-corrected chi connectivity index (χ3v) is 6.11. The Bertz CT molecular complexity index is 754. The molecule has 1 amide bonds. The van der Waals surface area contributed by atoms with Crippen LogP contribution in [0.1, 0.15) is 23.7 Å². The van der Waals surface area contributed by atoms with Gasteiger partial charge in [0, 0.05) is 10.9 Å². The van der Waals surface area contributed by atoms with Crippen molar-refractivity contribution in [1.29, 1.82) is 0 Å². The van der Waals surface area contributed by atoms with Gasteiger partial charge >= 0.3 is 5.97 Å². The first-order valence-electron chi connectivity index (χ1n) is 7.43. The summed E-state index contributed by atoms with van der Waals surface area (Å²) in [7, 11) is -3.15. The molecule has 2 atom stereocenters. The van der Waals surface area contributed by atoms with Crippen molar-refractivity contribution in [3.8, 4) is 0 Å². The Balaban J connectivity index is 1.97. The van der Waals surface area contributed by atoms with Gasteiger partial charge in [-0.1, -0.05) is 23.9 Å². The van der Waals surface area contributed by atoms with Crippen molar-refractivity contribution in [2.75, 3.05) is 11.5 Å². The minimum absolute atomic E-state index is 0.00431. The van der Waals surface area contributed by atoms with Crippen LogP contribution in [-0.4, -0.2) is 49.7 Å². The van der Waals surface area contributed by atoms with E-state index in [-0.39, 0.29) is 33.7 Å². The zero-order valence-electron chi connectivity index (χ0n) is 13.3. The highest BCUT2D eigenvalue weighted by molar-refractivity contribution is 7.99. The molecule has 0 saturated carbocycles. The van der Waals surface area contributed by atoms with E-state index in [1.807, 2.05) is 0 Å². The molecule has 2 rings (SSSR count). The van der Waals surface area contributed by atoms with Crippen molar-refractivity contribution in [1.82, 2.24) is 5.32 Å². The first-order chi connectivity index (χ1) is 11.7. The van der Waals surface area contributed by atoms with Crippen LogP contribution in [0.25, 0.3) is 0 Å². The lowest BCUT2D eigenvalue weighted by Crippen LogP contribution is -2.42. The summed E-state index contributed by atoms with van der Waals surface area (Å²) in [6.45, 7) is 1.33. The molecule has 1 fully saturated rings. The summed E-state index contributed by atoms with van der Waals surface area (Å²) in [5.41, 5.74) is -0.0594. The Labute approximate surface area is 148 Å². The van der Waals surface area contributed by atoms with Gasteiger partial charge in [0.1, 0.15) is 0 Å². The summed E-state index contributed by atoms with van der Waals surface area (Å²) >= 11 is 0.213. The molecule has 1 saturated heterocycles. The van der Waals surface area contributed by atoms with Crippen LogP contribution >= 0.6 is 11.8 Å². The smallest absolute Gasteiger partial charge is 0.340 e. The minimum Gasteiger partial charge on any atom is -0.449 e. The molecule has 0 radical (unpaired) electrons. The van der Waals surface area contributed by atoms with Crippen molar-refractivity contribution in [2.24, 2.45) is 0 Å². The summed E-state index contributed by atoms with van der Waals surface area (Å²) in [5, 5.41) is 2.52. The second-order valence-corrected chi connectivity index (χ2v) is 8.79. The van der Waals surface area contributed by atoms with E-state index in [2.05, 4.69) is 5.32 Å². The molecule has 25 heavy (non-hydrogen) atoms. The van der Waals surface area contributed by atoms with E-state index in [0.717, 1.165) is 0 Å². The Kier molecular flexibility index (Phi) is 6.39. The zero-order valence-corrected chi connectivity index (χ0v) is 14.9. The third-order valence-electron chi connectivity index (χ3n) is 3.55. The van der Waals surface area contributed by atoms with E-state index in [0.29, 0.717) is 6.42 Å². The number of benzene rings is 1. The van der Waals surface area contributed by atoms with Gasteiger partial charge in [-0.3, -0.25) is 4.79 Å². The summed E-state index contributed by atoms with van der Waals surface area (Å²) < 4.78 is 52.9. The molecule has 0 aromatic heterocycles. The standard InChI is InChI=1S/C15H17F2NO5S2/c1-9(13(19)18-10-6-7-25(21,22)8-10)23-14(20)11-4-2-3-5-12(11)24-15(16)17/h2-5,9-10,15H,6-8H2,1H3,(H,18,19)/t9-,10+/m1/s1. The van der Waals surface area contributed by atoms with Crippen LogP contribution in [0.4, 0.5) is 8.78 Å². The number of carbonyl (C=O) groups is 2. The Hall–Kier alpha value is -1.68. The molecule has 10 heteroatoms. The summed E-state index contributed by atoms with van der Waals surface area (Å²) in [6, 6.07) is 5.20. The number of sulfone groups is 1. The number of halogens is 2. The zero-order chi connectivity index (χ0) is 18.6. The number of alkyl halides is 2. The quantitative estimate of drug-likeness (QED) is 0.586. The molecule has 1 aliphatic rings. The van der Waals surface area contributed by atoms with Crippen LogP contribution in [0.15, 0.2) is 29.2 Å². The van der Waals surface area contributed by atoms with Crippen molar-refractivity contribution in [3.63, 3.8) is 0 Å². The minimum atomic E-state index is -3.15. The van der Waals surface area contributed by atoms with E-state index in [4.69, 9.17) is 4.74 Å². The first-order valence-corrected chi connectivity index (χ1v) is 10.1. The number of hydrogen-bond acceptors (Lipinski definition) is 6. The average molecular weight is 393 g/mol. The average Bonchev–Trinajstić information content (AvgIpc) is 2.85. The molecule has 0 unspecified atom stereocenters. The highest BCUT2D eigenvalue weighted by Gasteiger charge is 2.31. The van der Waals surface area contributed by atoms with E-state index >= 15 is 0 Å². The van der Waals surface area contributed by atoms with Crippen LogP contribution in [0, 0.1) is 0 Å². The van der Waals surface area contributed by atoms with E-state index in [1.165, 1.54) is 31.2 Å². The van der Waals surface area contributed by atoms with E-state index in [9.17, 15) is 26.8 Å². The largest absolute Gasteiger partial charge is 0.449 e. The molecular weight excluding hydrogens is 376 g/mol. The summed E-state index contributed by atoms with van der Waals surface area (Å²) in [5.74, 6) is -4.36. The lowest BCUT2D eigenvalue weighted by molar-refractivity contribution is -0.129. The molecule has 0 bridgehead atoms. The van der Waals surface area contributed by atoms with Gasteiger partial charge in [-0.25, -0.2) is 13.2 Å². The second kappa shape index (κ2) is 8.13. The second-order valence-electron chi connectivity index (χ2n) is 5.53. The summed E-state index contributed by atoms with van der Waals surface area (Å²) in [6.07, 6.45) is -0.872. The maximum Gasteiger partial charge on any atom is 0.340 e. The fourth-order valence-corrected chi connectivity index (χ4v) is 4.64. The van der Waals surface area contributed by atoms with Gasteiger partial charge in [-0.15, -0.1) is 0 Å². The molecule has 0 spiro atoms. The number of esters is 1. The SMILES string of the molecule is C[C@@H](OC(=O)c1ccccc1SC(F)F)C(=O)N[C@H]1CCS(=O)(=O)C1. The predicted octanol–water partition coefficient (Wildman–Crippen LogP) is 1.85. The lowest BCUT2D eigenvalue weighted by Gasteiger charge is -2.17. The van der Waals surface area contributed by atoms with E-state index < -0.39 is 39.6 Å². The van der Waals surface area contributed by atoms with E-state index in [1.54, 1.807) is 0 Å². The van der Waals surface area contributed by atoms with Crippen LogP contribution in [0.3, 0.4) is 0 Å². The maximum atomic E-state index is 12.5. The highest BCUT2D eigenvalue weighted by Crippen LogP contribution is 2.29. The Morgan fingerprint density at radius 2 is 2.00 bits per heavy atom. The monoisotopic (exact) mass is 393 g/mol. The third kappa shape index (κ3) is 5.67. The number of ether oxygens (including phenoxy) is 1. The number of hydrogen-bond donors (Lipinski definition) is 1. The van der Waals surface area contributed by atoms with Crippen LogP contribution in [0.2, 0.25) is 0 Å². The van der Waals surface area contributed by atoms with Gasteiger partial charge in [0.05, 0.1) is 17.1 Å². The van der Waals surface area contributed by atoms with Crippen molar-refractivity contribution in [3.05, 3.63) is 29.8 Å². The van der Waals surface area contributed by atoms with Crippen molar-refractivity contribution in [2.45, 2.75) is 36.1 Å². The number of carbonyl (C=O) groups excluding carboxylic acids is 2. The molecule has 1 aliphatic heterocycles. The van der Waals surface area contributed by atoms with Gasteiger partial charge in [-0.2, -0.15) is 8.78 Å². The van der Waals surface area contributed by atoms with Gasteiger partial charge in [0.2, 0.25) is 0 Å². The molecule has 0 aliphatic carbocycles. The van der Waals surface area contributed by atoms with Crippen molar-refractivity contribution < 1.29 is 31.5 Å². The Morgan fingerprint density at radius 3 is 2.60 bits per heavy atom. The number of rotatable bonds is 6. The number of thioether (sulfide) groups is 1. The number of amides is 1. The molecule has 1 heterocycles. The fourth-order valence-electron chi connectivity index (χ4n) is 2.34. The first kappa shape index (κ1) is 19.6. The van der Waals surface area contributed by atoms with Crippen LogP contribution in [0.5, 0.6) is 0 Å². The molecular formula is C15H17F2NO5S2. The topological polar surface area (TPSA) is 89.5 Å². The molecule has 138 valence electrons. The van der Waals surface area contributed by atoms with Crippen LogP contribution < -0.4 is 5.32 Å². The molecule has 1 aromatic rings. The predicted molar refractivity (Wildman–Crippen MR) is 88.4 cm³/mol. The maximum absolute atomic E-state index is 12.5. The van der Waals surface area contributed by atoms with Crippen LogP contribution in [-0.2, 0) is 19.4 Å². The normalized spacial score (nSPS) is 20.2. The molecule has 1 N–H and O–H groups in total. The number of nitrogens with one attached hydrogen (secondary N) is 1. The van der Waals surface area contributed by atoms with Gasteiger partial charge in [-0.05, 0) is 25.5 Å². The fraction of sp³-hybridized carbons (Fsp3) is 0.467. The highest BCUT2D eigenvalue weighted by atomic mass is 32.2. The summed E-state index contributed by atoms with van der Waals surface area (Å²) in [4.78, 5) is 24.2. The molecule has 1 aromatic carbocycles. The Morgan fingerprint density at radius 1 is 1.32 bits per heavy atom. The van der Waals surface area contributed by atoms with Gasteiger partial charge in [0.15, 0.2) is 15.9 Å². The van der Waals surface area contributed by atoms with Crippen molar-refractivity contribution >= 4 is 33.5 Å².